The molecule has 112 valence electrons. The minimum Gasteiger partial charge on any atom is -0.481 e. The molecule has 2 unspecified atom stereocenters. The summed E-state index contributed by atoms with van der Waals surface area (Å²) in [6, 6.07) is 0. The lowest BCUT2D eigenvalue weighted by atomic mass is 10.0. The maximum Gasteiger partial charge on any atom is 0.340 e. The lowest BCUT2D eigenvalue weighted by Gasteiger charge is -2.23. The summed E-state index contributed by atoms with van der Waals surface area (Å²) in [5.41, 5.74) is -2.21. The van der Waals surface area contributed by atoms with Crippen LogP contribution in [0, 0.1) is 5.92 Å². The Labute approximate surface area is 111 Å². The Kier molecular flexibility index (Phi) is 7.21. The molecule has 0 aliphatic heterocycles. The van der Waals surface area contributed by atoms with E-state index in [1.165, 1.54) is 0 Å². The molecule has 0 aromatic rings. The molecule has 0 amide bonds. The molecule has 0 fully saturated rings. The van der Waals surface area contributed by atoms with Crippen LogP contribution >= 0.6 is 7.60 Å². The first-order valence-electron chi connectivity index (χ1n) is 5.80. The van der Waals surface area contributed by atoms with Crippen molar-refractivity contribution in [2.75, 3.05) is 20.1 Å². The molecule has 0 aliphatic carbocycles. The number of hydrogen-bond acceptors (Lipinski definition) is 4. The number of carboxylic acids is 2. The van der Waals surface area contributed by atoms with E-state index in [1.54, 1.807) is 11.9 Å². The topological polar surface area (TPSA) is 135 Å². The molecular weight excluding hydrogens is 277 g/mol. The van der Waals surface area contributed by atoms with Crippen LogP contribution in [0.5, 0.6) is 0 Å². The number of hydrogen-bond donors (Lipinski definition) is 4. The van der Waals surface area contributed by atoms with Crippen molar-refractivity contribution in [1.82, 2.24) is 4.90 Å². The number of aliphatic carboxylic acids is 2. The van der Waals surface area contributed by atoms with Crippen LogP contribution < -0.4 is 0 Å². The molecule has 0 aliphatic rings. The van der Waals surface area contributed by atoms with Crippen molar-refractivity contribution in [3.05, 3.63) is 0 Å². The van der Waals surface area contributed by atoms with E-state index in [0.717, 1.165) is 6.42 Å². The maximum atomic E-state index is 11.1. The predicted molar refractivity (Wildman–Crippen MR) is 67.0 cm³/mol. The average Bonchev–Trinajstić information content (AvgIpc) is 2.21. The van der Waals surface area contributed by atoms with Gasteiger partial charge in [-0.1, -0.05) is 6.92 Å². The van der Waals surface area contributed by atoms with Crippen molar-refractivity contribution in [3.8, 4) is 0 Å². The second kappa shape index (κ2) is 7.59. The van der Waals surface area contributed by atoms with Crippen LogP contribution in [-0.2, 0) is 14.2 Å². The van der Waals surface area contributed by atoms with E-state index < -0.39 is 31.1 Å². The fourth-order valence-corrected chi connectivity index (χ4v) is 2.85. The van der Waals surface area contributed by atoms with Crippen molar-refractivity contribution in [3.63, 3.8) is 0 Å². The molecule has 2 atom stereocenters. The van der Waals surface area contributed by atoms with Gasteiger partial charge in [-0.15, -0.1) is 0 Å². The van der Waals surface area contributed by atoms with E-state index in [9.17, 15) is 14.2 Å². The molecule has 0 bridgehead atoms. The maximum absolute atomic E-state index is 11.1. The second-order valence-electron chi connectivity index (χ2n) is 4.41. The third-order valence-electron chi connectivity index (χ3n) is 2.74. The van der Waals surface area contributed by atoms with Gasteiger partial charge in [-0.25, -0.2) is 0 Å². The van der Waals surface area contributed by atoms with Gasteiger partial charge in [-0.05, 0) is 33.0 Å². The highest BCUT2D eigenvalue weighted by atomic mass is 31.2. The Bertz CT molecular complexity index is 367. The van der Waals surface area contributed by atoms with Crippen LogP contribution in [0.15, 0.2) is 0 Å². The van der Waals surface area contributed by atoms with E-state index in [-0.39, 0.29) is 13.0 Å². The molecule has 0 saturated heterocycles. The number of nitrogens with zero attached hydrogens (tertiary/aromatic N) is 1. The molecule has 0 spiro atoms. The van der Waals surface area contributed by atoms with Crippen molar-refractivity contribution in [1.29, 1.82) is 0 Å². The van der Waals surface area contributed by atoms with Crippen LogP contribution in [-0.4, -0.2) is 62.6 Å². The molecule has 9 heteroatoms. The lowest BCUT2D eigenvalue weighted by molar-refractivity contribution is -0.148. The average molecular weight is 297 g/mol. The number of carboxylic acid groups (broad SMARTS) is 2. The summed E-state index contributed by atoms with van der Waals surface area (Å²) >= 11 is 0. The van der Waals surface area contributed by atoms with Gasteiger partial charge in [0.05, 0.1) is 5.92 Å². The monoisotopic (exact) mass is 297 g/mol. The quantitative estimate of drug-likeness (QED) is 0.438. The predicted octanol–water partition coefficient (Wildman–Crippen LogP) is 0.0500. The van der Waals surface area contributed by atoms with Gasteiger partial charge in [-0.3, -0.25) is 14.2 Å². The van der Waals surface area contributed by atoms with Crippen molar-refractivity contribution in [2.24, 2.45) is 5.92 Å². The summed E-state index contributed by atoms with van der Waals surface area (Å²) in [4.78, 5) is 41.7. The molecule has 8 nitrogen and oxygen atoms in total. The molecule has 0 heterocycles. The summed E-state index contributed by atoms with van der Waals surface area (Å²) in [5.74, 6) is -4.92. The molecular formula is C10H20NO7P. The second-order valence-corrected chi connectivity index (χ2v) is 6.14. The van der Waals surface area contributed by atoms with Crippen LogP contribution in [0.2, 0.25) is 0 Å². The fourth-order valence-electron chi connectivity index (χ4n) is 1.82. The van der Waals surface area contributed by atoms with Crippen LogP contribution in [0.4, 0.5) is 0 Å². The highest BCUT2D eigenvalue weighted by molar-refractivity contribution is 7.53. The third-order valence-corrected chi connectivity index (χ3v) is 4.05. The summed E-state index contributed by atoms with van der Waals surface area (Å²) in [6.07, 6.45) is 0.711. The van der Waals surface area contributed by atoms with Gasteiger partial charge in [0.1, 0.15) is 0 Å². The third kappa shape index (κ3) is 6.15. The van der Waals surface area contributed by atoms with Gasteiger partial charge in [0.15, 0.2) is 5.66 Å². The zero-order chi connectivity index (χ0) is 15.2. The number of rotatable bonds is 9. The Morgan fingerprint density at radius 1 is 1.16 bits per heavy atom. The van der Waals surface area contributed by atoms with Crippen molar-refractivity contribution in [2.45, 2.75) is 25.4 Å². The Morgan fingerprint density at radius 2 is 1.68 bits per heavy atom. The van der Waals surface area contributed by atoms with Crippen molar-refractivity contribution < 1.29 is 34.2 Å². The first kappa shape index (κ1) is 18.0. The molecule has 0 aromatic carbocycles. The Hall–Kier alpha value is -0.950. The zero-order valence-corrected chi connectivity index (χ0v) is 11.8. The standard InChI is InChI=1S/C10H20NO7P/c1-3-5-11(2)6-4-7(9(12)13)8(10(14)15)19(16,17)18/h7-8H,3-6H2,1-2H3,(H,12,13)(H,14,15)(H2,16,17,18). The summed E-state index contributed by atoms with van der Waals surface area (Å²) < 4.78 is 11.1. The van der Waals surface area contributed by atoms with E-state index in [0.29, 0.717) is 6.54 Å². The van der Waals surface area contributed by atoms with E-state index in [4.69, 9.17) is 20.0 Å². The van der Waals surface area contributed by atoms with Gasteiger partial charge in [0.2, 0.25) is 0 Å². The van der Waals surface area contributed by atoms with Gasteiger partial charge in [0.25, 0.3) is 0 Å². The highest BCUT2D eigenvalue weighted by Gasteiger charge is 2.45. The van der Waals surface area contributed by atoms with E-state index in [2.05, 4.69) is 0 Å². The SMILES string of the molecule is CCCN(C)CCC(C(=O)O)C(C(=O)O)P(=O)(O)O. The van der Waals surface area contributed by atoms with Crippen LogP contribution in [0.3, 0.4) is 0 Å². The minimum absolute atomic E-state index is 0.131. The first-order valence-corrected chi connectivity index (χ1v) is 7.48. The molecule has 4 N–H and O–H groups in total. The molecule has 0 radical (unpaired) electrons. The summed E-state index contributed by atoms with van der Waals surface area (Å²) in [5, 5.41) is 17.8. The Morgan fingerprint density at radius 3 is 2.00 bits per heavy atom. The summed E-state index contributed by atoms with van der Waals surface area (Å²) in [6.45, 7) is 2.88. The van der Waals surface area contributed by atoms with Crippen LogP contribution in [0.25, 0.3) is 0 Å². The van der Waals surface area contributed by atoms with Gasteiger partial charge in [0, 0.05) is 0 Å². The molecule has 19 heavy (non-hydrogen) atoms. The Balaban J connectivity index is 4.93. The van der Waals surface area contributed by atoms with E-state index >= 15 is 0 Å². The van der Waals surface area contributed by atoms with Gasteiger partial charge in [-0.2, -0.15) is 0 Å². The number of carbonyl (C=O) groups is 2. The first-order chi connectivity index (χ1) is 8.61. The normalized spacial score (nSPS) is 15.2. The molecule has 0 saturated carbocycles. The zero-order valence-electron chi connectivity index (χ0n) is 10.9. The smallest absolute Gasteiger partial charge is 0.340 e. The van der Waals surface area contributed by atoms with Crippen molar-refractivity contribution >= 4 is 19.5 Å². The fraction of sp³-hybridized carbons (Fsp3) is 0.800. The highest BCUT2D eigenvalue weighted by Crippen LogP contribution is 2.46. The van der Waals surface area contributed by atoms with Crippen LogP contribution in [0.1, 0.15) is 19.8 Å². The largest absolute Gasteiger partial charge is 0.481 e. The van der Waals surface area contributed by atoms with E-state index in [1.807, 2.05) is 6.92 Å². The molecule has 0 aromatic heterocycles. The lowest BCUT2D eigenvalue weighted by Crippen LogP contribution is -2.37. The summed E-state index contributed by atoms with van der Waals surface area (Å²) in [7, 11) is -3.28. The van der Waals surface area contributed by atoms with Gasteiger partial charge >= 0.3 is 19.5 Å². The molecule has 0 rings (SSSR count). The minimum atomic E-state index is -5.02. The van der Waals surface area contributed by atoms with Gasteiger partial charge < -0.3 is 24.9 Å².